The fourth-order valence-corrected chi connectivity index (χ4v) is 5.05. The van der Waals surface area contributed by atoms with Crippen LogP contribution in [0.3, 0.4) is 0 Å². The molecule has 1 amide bonds. The van der Waals surface area contributed by atoms with E-state index in [2.05, 4.69) is 10.4 Å². The van der Waals surface area contributed by atoms with Gasteiger partial charge in [0, 0.05) is 36.7 Å². The first kappa shape index (κ1) is 20.3. The molecular weight excluding hydrogens is 400 g/mol. The van der Waals surface area contributed by atoms with Gasteiger partial charge >= 0.3 is 0 Å². The average Bonchev–Trinajstić information content (AvgIpc) is 3.16. The van der Waals surface area contributed by atoms with Gasteiger partial charge in [0.2, 0.25) is 10.0 Å². The number of aromatic nitrogens is 2. The molecule has 1 N–H and O–H groups in total. The van der Waals surface area contributed by atoms with Crippen LogP contribution in [0.5, 0.6) is 0 Å². The Morgan fingerprint density at radius 3 is 2.17 bits per heavy atom. The van der Waals surface area contributed by atoms with E-state index in [9.17, 15) is 13.2 Å². The van der Waals surface area contributed by atoms with Gasteiger partial charge in [0.25, 0.3) is 5.91 Å². The number of carbonyl (C=O) groups is 1. The van der Waals surface area contributed by atoms with E-state index in [4.69, 9.17) is 0 Å². The summed E-state index contributed by atoms with van der Waals surface area (Å²) in [4.78, 5) is 12.8. The van der Waals surface area contributed by atoms with Gasteiger partial charge in [-0.25, -0.2) is 13.1 Å². The Kier molecular flexibility index (Phi) is 5.96. The molecule has 4 rings (SSSR count). The number of nitrogens with one attached hydrogen (secondary N) is 1. The van der Waals surface area contributed by atoms with Crippen molar-refractivity contribution < 1.29 is 13.2 Å². The Bertz CT molecular complexity index is 1080. The number of anilines is 1. The molecule has 0 saturated carbocycles. The molecular formula is C22H24N4O3S. The van der Waals surface area contributed by atoms with E-state index in [0.29, 0.717) is 24.3 Å². The maximum absolute atomic E-state index is 12.9. The lowest BCUT2D eigenvalue weighted by molar-refractivity contribution is 0.102. The highest BCUT2D eigenvalue weighted by Crippen LogP contribution is 2.22. The summed E-state index contributed by atoms with van der Waals surface area (Å²) in [6.45, 7) is 1.13. The lowest BCUT2D eigenvalue weighted by Crippen LogP contribution is -2.31. The van der Waals surface area contributed by atoms with E-state index in [1.54, 1.807) is 51.6 Å². The smallest absolute Gasteiger partial charge is 0.255 e. The quantitative estimate of drug-likeness (QED) is 0.677. The Hall–Kier alpha value is -2.97. The second-order valence-electron chi connectivity index (χ2n) is 7.29. The predicted molar refractivity (Wildman–Crippen MR) is 115 cm³/mol. The topological polar surface area (TPSA) is 84.3 Å². The number of sulfonamides is 1. The van der Waals surface area contributed by atoms with Gasteiger partial charge in [-0.2, -0.15) is 9.40 Å². The van der Waals surface area contributed by atoms with Gasteiger partial charge < -0.3 is 5.32 Å². The van der Waals surface area contributed by atoms with Crippen LogP contribution in [-0.4, -0.2) is 41.5 Å². The highest BCUT2D eigenvalue weighted by atomic mass is 32.2. The van der Waals surface area contributed by atoms with Gasteiger partial charge in [0.15, 0.2) is 0 Å². The summed E-state index contributed by atoms with van der Waals surface area (Å²) in [5.74, 6) is -0.259. The minimum atomic E-state index is -3.50. The van der Waals surface area contributed by atoms with Crippen LogP contribution in [-0.2, 0) is 10.0 Å². The zero-order chi connectivity index (χ0) is 21.0. The second kappa shape index (κ2) is 8.81. The standard InChI is InChI=1S/C22H24N4O3S/c27-22(18-6-10-20(11-7-18)26-17-5-14-23-26)24-19-8-12-21(13-9-19)30(28,29)25-15-3-1-2-4-16-25/h5-14,17H,1-4,15-16H2,(H,24,27). The van der Waals surface area contributed by atoms with Gasteiger partial charge in [0.1, 0.15) is 0 Å². The third-order valence-corrected chi connectivity index (χ3v) is 7.13. The highest BCUT2D eigenvalue weighted by Gasteiger charge is 2.25. The Labute approximate surface area is 176 Å². The first-order valence-corrected chi connectivity index (χ1v) is 11.5. The minimum absolute atomic E-state index is 0.256. The lowest BCUT2D eigenvalue weighted by Gasteiger charge is -2.20. The molecule has 30 heavy (non-hydrogen) atoms. The molecule has 8 heteroatoms. The van der Waals surface area contributed by atoms with E-state index in [-0.39, 0.29) is 10.8 Å². The molecule has 0 atom stereocenters. The van der Waals surface area contributed by atoms with Gasteiger partial charge in [-0.3, -0.25) is 4.79 Å². The van der Waals surface area contributed by atoms with Crippen LogP contribution < -0.4 is 5.32 Å². The van der Waals surface area contributed by atoms with Crippen molar-refractivity contribution in [3.05, 3.63) is 72.6 Å². The number of amides is 1. The summed E-state index contributed by atoms with van der Waals surface area (Å²) in [7, 11) is -3.50. The van der Waals surface area contributed by atoms with Crippen molar-refractivity contribution >= 4 is 21.6 Å². The number of hydrogen-bond donors (Lipinski definition) is 1. The van der Waals surface area contributed by atoms with Crippen LogP contribution in [0.2, 0.25) is 0 Å². The Balaban J connectivity index is 1.43. The van der Waals surface area contributed by atoms with Crippen molar-refractivity contribution in [2.45, 2.75) is 30.6 Å². The summed E-state index contributed by atoms with van der Waals surface area (Å²) in [5.41, 5.74) is 1.91. The summed E-state index contributed by atoms with van der Waals surface area (Å²) in [5, 5.41) is 6.97. The molecule has 2 heterocycles. The van der Waals surface area contributed by atoms with Crippen molar-refractivity contribution in [3.8, 4) is 5.69 Å². The molecule has 0 aliphatic carbocycles. The summed E-state index contributed by atoms with van der Waals surface area (Å²) in [6.07, 6.45) is 7.45. The SMILES string of the molecule is O=C(Nc1ccc(S(=O)(=O)N2CCCCCC2)cc1)c1ccc(-n2cccn2)cc1. The summed E-state index contributed by atoms with van der Waals surface area (Å²) >= 11 is 0. The number of benzene rings is 2. The van der Waals surface area contributed by atoms with Gasteiger partial charge in [-0.1, -0.05) is 12.8 Å². The van der Waals surface area contributed by atoms with E-state index in [1.165, 1.54) is 0 Å². The van der Waals surface area contributed by atoms with Gasteiger partial charge in [0.05, 0.1) is 10.6 Å². The van der Waals surface area contributed by atoms with E-state index >= 15 is 0 Å². The van der Waals surface area contributed by atoms with Crippen LogP contribution in [0.25, 0.3) is 5.69 Å². The molecule has 1 aromatic heterocycles. The minimum Gasteiger partial charge on any atom is -0.322 e. The van der Waals surface area contributed by atoms with Gasteiger partial charge in [-0.05, 0) is 67.4 Å². The van der Waals surface area contributed by atoms with E-state index < -0.39 is 10.0 Å². The number of nitrogens with zero attached hydrogens (tertiary/aromatic N) is 3. The molecule has 0 radical (unpaired) electrons. The van der Waals surface area contributed by atoms with Crippen molar-refractivity contribution in [3.63, 3.8) is 0 Å². The zero-order valence-corrected chi connectivity index (χ0v) is 17.4. The molecule has 156 valence electrons. The van der Waals surface area contributed by atoms with Crippen molar-refractivity contribution in [2.24, 2.45) is 0 Å². The molecule has 0 unspecified atom stereocenters. The van der Waals surface area contributed by atoms with Crippen molar-refractivity contribution in [1.29, 1.82) is 0 Å². The second-order valence-corrected chi connectivity index (χ2v) is 9.23. The first-order chi connectivity index (χ1) is 14.5. The highest BCUT2D eigenvalue weighted by molar-refractivity contribution is 7.89. The van der Waals surface area contributed by atoms with Crippen LogP contribution in [0.15, 0.2) is 71.9 Å². The molecule has 0 spiro atoms. The predicted octanol–water partition coefficient (Wildman–Crippen LogP) is 3.69. The summed E-state index contributed by atoms with van der Waals surface area (Å²) in [6, 6.07) is 15.3. The largest absolute Gasteiger partial charge is 0.322 e. The molecule has 2 aromatic carbocycles. The Morgan fingerprint density at radius 2 is 1.57 bits per heavy atom. The third kappa shape index (κ3) is 4.44. The van der Waals surface area contributed by atoms with Crippen LogP contribution in [0.4, 0.5) is 5.69 Å². The number of carbonyl (C=O) groups excluding carboxylic acids is 1. The monoisotopic (exact) mass is 424 g/mol. The van der Waals surface area contributed by atoms with Crippen LogP contribution in [0, 0.1) is 0 Å². The van der Waals surface area contributed by atoms with Crippen molar-refractivity contribution in [2.75, 3.05) is 18.4 Å². The van der Waals surface area contributed by atoms with Crippen LogP contribution >= 0.6 is 0 Å². The van der Waals surface area contributed by atoms with Crippen LogP contribution in [0.1, 0.15) is 36.0 Å². The molecule has 1 aliphatic heterocycles. The molecule has 1 saturated heterocycles. The normalized spacial score (nSPS) is 15.5. The fourth-order valence-electron chi connectivity index (χ4n) is 3.53. The number of rotatable bonds is 5. The lowest BCUT2D eigenvalue weighted by atomic mass is 10.2. The van der Waals surface area contributed by atoms with Crippen molar-refractivity contribution in [1.82, 2.24) is 14.1 Å². The number of hydrogen-bond acceptors (Lipinski definition) is 4. The molecule has 3 aromatic rings. The maximum Gasteiger partial charge on any atom is 0.255 e. The maximum atomic E-state index is 12.9. The molecule has 0 bridgehead atoms. The Morgan fingerprint density at radius 1 is 0.900 bits per heavy atom. The zero-order valence-electron chi connectivity index (χ0n) is 16.6. The molecule has 1 fully saturated rings. The molecule has 7 nitrogen and oxygen atoms in total. The van der Waals surface area contributed by atoms with E-state index in [0.717, 1.165) is 31.4 Å². The fraction of sp³-hybridized carbons (Fsp3) is 0.273. The molecule has 1 aliphatic rings. The van der Waals surface area contributed by atoms with Gasteiger partial charge in [-0.15, -0.1) is 0 Å². The first-order valence-electron chi connectivity index (χ1n) is 10.1. The van der Waals surface area contributed by atoms with E-state index in [1.807, 2.05) is 24.4 Å². The summed E-state index contributed by atoms with van der Waals surface area (Å²) < 4.78 is 29.0. The average molecular weight is 425 g/mol. The third-order valence-electron chi connectivity index (χ3n) is 5.21.